The summed E-state index contributed by atoms with van der Waals surface area (Å²) in [6.07, 6.45) is -4.46. The standard InChI is InChI=1S/C17H16F3N3O/c1-11(13-6-5-7-14(10-13)21-12(2)24)22-23-16-9-4-3-8-15(16)17(18,19)20/h3-10,23H,1-2H3,(H,21,24)/b22-11+. The molecule has 2 rings (SSSR count). The van der Waals surface area contributed by atoms with E-state index in [-0.39, 0.29) is 11.6 Å². The zero-order valence-electron chi connectivity index (χ0n) is 13.1. The van der Waals surface area contributed by atoms with Crippen LogP contribution in [0, 0.1) is 0 Å². The molecule has 0 bridgehead atoms. The molecule has 2 aromatic rings. The largest absolute Gasteiger partial charge is 0.418 e. The number of nitrogens with zero attached hydrogens (tertiary/aromatic N) is 1. The van der Waals surface area contributed by atoms with E-state index >= 15 is 0 Å². The van der Waals surface area contributed by atoms with Crippen molar-refractivity contribution in [3.05, 3.63) is 59.7 Å². The number of anilines is 2. The van der Waals surface area contributed by atoms with Gasteiger partial charge in [-0.2, -0.15) is 18.3 Å². The van der Waals surface area contributed by atoms with Gasteiger partial charge in [-0.1, -0.05) is 24.3 Å². The molecule has 2 N–H and O–H groups in total. The summed E-state index contributed by atoms with van der Waals surface area (Å²) in [5.41, 5.74) is 3.30. The highest BCUT2D eigenvalue weighted by molar-refractivity contribution is 6.00. The highest BCUT2D eigenvalue weighted by atomic mass is 19.4. The van der Waals surface area contributed by atoms with Crippen LogP contribution in [-0.2, 0) is 11.0 Å². The molecule has 0 aliphatic carbocycles. The smallest absolute Gasteiger partial charge is 0.326 e. The van der Waals surface area contributed by atoms with E-state index in [0.29, 0.717) is 17.0 Å². The number of carbonyl (C=O) groups excluding carboxylic acids is 1. The molecule has 0 aliphatic heterocycles. The first-order valence-corrected chi connectivity index (χ1v) is 7.12. The molecule has 7 heteroatoms. The molecule has 1 amide bonds. The van der Waals surface area contributed by atoms with E-state index in [4.69, 9.17) is 0 Å². The number of carbonyl (C=O) groups is 1. The van der Waals surface area contributed by atoms with Crippen LogP contribution in [0.2, 0.25) is 0 Å². The molecule has 4 nitrogen and oxygen atoms in total. The minimum atomic E-state index is -4.46. The molecule has 126 valence electrons. The van der Waals surface area contributed by atoms with Crippen LogP contribution in [0.25, 0.3) is 0 Å². The number of para-hydroxylation sites is 1. The van der Waals surface area contributed by atoms with Crippen LogP contribution in [0.4, 0.5) is 24.5 Å². The van der Waals surface area contributed by atoms with E-state index in [0.717, 1.165) is 6.07 Å². The number of benzene rings is 2. The van der Waals surface area contributed by atoms with Crippen LogP contribution in [0.5, 0.6) is 0 Å². The number of hydrazone groups is 1. The van der Waals surface area contributed by atoms with Crippen LogP contribution in [0.1, 0.15) is 25.0 Å². The first-order valence-electron chi connectivity index (χ1n) is 7.12. The average molecular weight is 335 g/mol. The highest BCUT2D eigenvalue weighted by Gasteiger charge is 2.33. The van der Waals surface area contributed by atoms with Crippen LogP contribution in [0.3, 0.4) is 0 Å². The molecule has 0 aromatic heterocycles. The Morgan fingerprint density at radius 3 is 2.42 bits per heavy atom. The Labute approximate surface area is 137 Å². The van der Waals surface area contributed by atoms with Crippen molar-refractivity contribution < 1.29 is 18.0 Å². The number of hydrogen-bond acceptors (Lipinski definition) is 3. The topological polar surface area (TPSA) is 53.5 Å². The van der Waals surface area contributed by atoms with Crippen molar-refractivity contribution >= 4 is 23.0 Å². The first-order chi connectivity index (χ1) is 11.3. The maximum atomic E-state index is 12.9. The number of nitrogens with one attached hydrogen (secondary N) is 2. The minimum absolute atomic E-state index is 0.123. The molecule has 0 heterocycles. The van der Waals surface area contributed by atoms with Gasteiger partial charge in [0.25, 0.3) is 0 Å². The van der Waals surface area contributed by atoms with Gasteiger partial charge >= 0.3 is 6.18 Å². The second kappa shape index (κ2) is 7.16. The summed E-state index contributed by atoms with van der Waals surface area (Å²) in [4.78, 5) is 11.1. The van der Waals surface area contributed by atoms with Gasteiger partial charge in [0.2, 0.25) is 5.91 Å². The monoisotopic (exact) mass is 335 g/mol. The summed E-state index contributed by atoms with van der Waals surface area (Å²) < 4.78 is 38.8. The minimum Gasteiger partial charge on any atom is -0.326 e. The number of amides is 1. The maximum absolute atomic E-state index is 12.9. The van der Waals surface area contributed by atoms with Gasteiger partial charge < -0.3 is 5.32 Å². The molecule has 0 aliphatic rings. The van der Waals surface area contributed by atoms with Crippen molar-refractivity contribution in [2.75, 3.05) is 10.7 Å². The summed E-state index contributed by atoms with van der Waals surface area (Å²) in [6, 6.07) is 12.0. The fraction of sp³-hybridized carbons (Fsp3) is 0.176. The number of alkyl halides is 3. The van der Waals surface area contributed by atoms with E-state index in [1.807, 2.05) is 0 Å². The van der Waals surface area contributed by atoms with E-state index in [9.17, 15) is 18.0 Å². The van der Waals surface area contributed by atoms with Gasteiger partial charge in [-0.3, -0.25) is 10.2 Å². The second-order valence-electron chi connectivity index (χ2n) is 5.11. The van der Waals surface area contributed by atoms with Crippen LogP contribution in [-0.4, -0.2) is 11.6 Å². The van der Waals surface area contributed by atoms with Gasteiger partial charge in [0.05, 0.1) is 17.0 Å². The van der Waals surface area contributed by atoms with Gasteiger partial charge in [0.1, 0.15) is 0 Å². The lowest BCUT2D eigenvalue weighted by Crippen LogP contribution is -2.10. The Morgan fingerprint density at radius 2 is 1.75 bits per heavy atom. The van der Waals surface area contributed by atoms with E-state index < -0.39 is 11.7 Å². The van der Waals surface area contributed by atoms with Crippen molar-refractivity contribution in [3.63, 3.8) is 0 Å². The third-order valence-electron chi connectivity index (χ3n) is 3.18. The van der Waals surface area contributed by atoms with Crippen molar-refractivity contribution in [1.82, 2.24) is 0 Å². The van der Waals surface area contributed by atoms with Crippen molar-refractivity contribution in [1.29, 1.82) is 0 Å². The lowest BCUT2D eigenvalue weighted by molar-refractivity contribution is -0.137. The van der Waals surface area contributed by atoms with Gasteiger partial charge in [-0.15, -0.1) is 0 Å². The molecule has 0 spiro atoms. The highest BCUT2D eigenvalue weighted by Crippen LogP contribution is 2.34. The first kappa shape index (κ1) is 17.5. The fourth-order valence-electron chi connectivity index (χ4n) is 2.06. The third-order valence-corrected chi connectivity index (χ3v) is 3.18. The predicted octanol–water partition coefficient (Wildman–Crippen LogP) is 4.50. The second-order valence-corrected chi connectivity index (χ2v) is 5.11. The molecule has 24 heavy (non-hydrogen) atoms. The number of hydrogen-bond donors (Lipinski definition) is 2. The fourth-order valence-corrected chi connectivity index (χ4v) is 2.06. The molecule has 0 unspecified atom stereocenters. The molecule has 0 atom stereocenters. The van der Waals surface area contributed by atoms with Crippen LogP contribution >= 0.6 is 0 Å². The van der Waals surface area contributed by atoms with Gasteiger partial charge in [0, 0.05) is 12.6 Å². The summed E-state index contributed by atoms with van der Waals surface area (Å²) in [7, 11) is 0. The zero-order chi connectivity index (χ0) is 17.7. The normalized spacial score (nSPS) is 12.0. The van der Waals surface area contributed by atoms with E-state index in [1.54, 1.807) is 31.2 Å². The Hall–Kier alpha value is -2.83. The van der Waals surface area contributed by atoms with Crippen molar-refractivity contribution in [2.24, 2.45) is 5.10 Å². The molecular formula is C17H16F3N3O. The molecule has 2 aromatic carbocycles. The lowest BCUT2D eigenvalue weighted by atomic mass is 10.1. The van der Waals surface area contributed by atoms with E-state index in [1.165, 1.54) is 25.1 Å². The SMILES string of the molecule is CC(=O)Nc1cccc(/C(C)=N/Nc2ccccc2C(F)(F)F)c1. The Morgan fingerprint density at radius 1 is 1.04 bits per heavy atom. The van der Waals surface area contributed by atoms with Crippen molar-refractivity contribution in [2.45, 2.75) is 20.0 Å². The molecule has 0 saturated carbocycles. The summed E-state index contributed by atoms with van der Waals surface area (Å²) in [5.74, 6) is -0.209. The zero-order valence-corrected chi connectivity index (χ0v) is 13.1. The summed E-state index contributed by atoms with van der Waals surface area (Å²) in [6.45, 7) is 3.05. The van der Waals surface area contributed by atoms with Crippen LogP contribution < -0.4 is 10.7 Å². The van der Waals surface area contributed by atoms with Gasteiger partial charge in [0.15, 0.2) is 0 Å². The Balaban J connectivity index is 2.23. The van der Waals surface area contributed by atoms with Crippen LogP contribution in [0.15, 0.2) is 53.6 Å². The predicted molar refractivity (Wildman–Crippen MR) is 88.0 cm³/mol. The Bertz CT molecular complexity index is 770. The number of rotatable bonds is 4. The molecule has 0 radical (unpaired) electrons. The van der Waals surface area contributed by atoms with E-state index in [2.05, 4.69) is 15.8 Å². The third kappa shape index (κ3) is 4.58. The maximum Gasteiger partial charge on any atom is 0.418 e. The molecule has 0 fully saturated rings. The quantitative estimate of drug-likeness (QED) is 0.638. The van der Waals surface area contributed by atoms with Gasteiger partial charge in [-0.25, -0.2) is 0 Å². The van der Waals surface area contributed by atoms with Crippen molar-refractivity contribution in [3.8, 4) is 0 Å². The average Bonchev–Trinajstić information content (AvgIpc) is 2.51. The number of halogens is 3. The molecule has 0 saturated heterocycles. The van der Waals surface area contributed by atoms with Gasteiger partial charge in [-0.05, 0) is 36.8 Å². The lowest BCUT2D eigenvalue weighted by Gasteiger charge is -2.12. The summed E-state index contributed by atoms with van der Waals surface area (Å²) >= 11 is 0. The Kier molecular flexibility index (Phi) is 5.23. The summed E-state index contributed by atoms with van der Waals surface area (Å²) in [5, 5.41) is 6.65. The molecular weight excluding hydrogens is 319 g/mol.